The molecule has 2 aliphatic rings. The molecular formula is C16H21NO3S. The third-order valence-electron chi connectivity index (χ3n) is 3.96. The first-order chi connectivity index (χ1) is 10.3. The highest BCUT2D eigenvalue weighted by molar-refractivity contribution is 7.12. The van der Waals surface area contributed by atoms with Gasteiger partial charge in [0.1, 0.15) is 0 Å². The molecule has 1 atom stereocenters. The van der Waals surface area contributed by atoms with Crippen molar-refractivity contribution in [3.63, 3.8) is 0 Å². The molecule has 114 valence electrons. The van der Waals surface area contributed by atoms with Gasteiger partial charge in [-0.3, -0.25) is 4.79 Å². The maximum absolute atomic E-state index is 12.3. The van der Waals surface area contributed by atoms with E-state index >= 15 is 0 Å². The molecular weight excluding hydrogens is 286 g/mol. The summed E-state index contributed by atoms with van der Waals surface area (Å²) in [7, 11) is 0. The van der Waals surface area contributed by atoms with E-state index < -0.39 is 0 Å². The Balaban J connectivity index is 1.78. The van der Waals surface area contributed by atoms with Gasteiger partial charge < -0.3 is 14.4 Å². The first-order valence-corrected chi connectivity index (χ1v) is 8.36. The van der Waals surface area contributed by atoms with Gasteiger partial charge in [-0.1, -0.05) is 12.5 Å². The molecule has 4 nitrogen and oxygen atoms in total. The average Bonchev–Trinajstić information content (AvgIpc) is 3.12. The van der Waals surface area contributed by atoms with Gasteiger partial charge in [0.05, 0.1) is 24.1 Å². The number of likely N-dealkylation sites (tertiary alicyclic amines) is 1. The van der Waals surface area contributed by atoms with Crippen LogP contribution in [0.15, 0.2) is 24.8 Å². The third kappa shape index (κ3) is 3.20. The first-order valence-electron chi connectivity index (χ1n) is 7.54. The molecule has 0 N–H and O–H groups in total. The topological polar surface area (TPSA) is 38.8 Å². The summed E-state index contributed by atoms with van der Waals surface area (Å²) in [6.07, 6.45) is 5.48. The number of amides is 1. The molecule has 3 rings (SSSR count). The summed E-state index contributed by atoms with van der Waals surface area (Å²) in [6, 6.07) is 4.07. The molecule has 0 radical (unpaired) electrons. The van der Waals surface area contributed by atoms with Gasteiger partial charge in [0.2, 0.25) is 5.91 Å². The largest absolute Gasteiger partial charge is 0.345 e. The smallest absolute Gasteiger partial charge is 0.223 e. The van der Waals surface area contributed by atoms with Crippen LogP contribution in [0.4, 0.5) is 0 Å². The van der Waals surface area contributed by atoms with Crippen molar-refractivity contribution in [3.8, 4) is 0 Å². The van der Waals surface area contributed by atoms with Crippen LogP contribution in [0.3, 0.4) is 0 Å². The second kappa shape index (κ2) is 6.73. The summed E-state index contributed by atoms with van der Waals surface area (Å²) in [5.74, 6) is 0.237. The Morgan fingerprint density at radius 3 is 2.86 bits per heavy atom. The van der Waals surface area contributed by atoms with Crippen molar-refractivity contribution in [2.45, 2.75) is 38.0 Å². The summed E-state index contributed by atoms with van der Waals surface area (Å²) in [4.78, 5) is 16.4. The van der Waals surface area contributed by atoms with E-state index in [4.69, 9.17) is 9.47 Å². The standard InChI is InChI=1S/C16H21NO3S/c1-2-12(17-9-5-3-4-6-15(17)18)13-7-8-14(21-13)16-19-10-11-20-16/h2,7-8,12,16H,1,3-6,9-11H2. The number of hydrogen-bond acceptors (Lipinski definition) is 4. The van der Waals surface area contributed by atoms with Gasteiger partial charge in [-0.05, 0) is 25.0 Å². The lowest BCUT2D eigenvalue weighted by molar-refractivity contribution is -0.132. The summed E-state index contributed by atoms with van der Waals surface area (Å²) >= 11 is 1.65. The quantitative estimate of drug-likeness (QED) is 0.800. The minimum absolute atomic E-state index is 0.0317. The second-order valence-corrected chi connectivity index (χ2v) is 6.54. The highest BCUT2D eigenvalue weighted by atomic mass is 32.1. The van der Waals surface area contributed by atoms with E-state index in [0.29, 0.717) is 19.6 Å². The van der Waals surface area contributed by atoms with Crippen molar-refractivity contribution in [3.05, 3.63) is 34.5 Å². The van der Waals surface area contributed by atoms with Crippen LogP contribution in [-0.2, 0) is 14.3 Å². The van der Waals surface area contributed by atoms with Gasteiger partial charge >= 0.3 is 0 Å². The zero-order chi connectivity index (χ0) is 14.7. The van der Waals surface area contributed by atoms with Crippen molar-refractivity contribution in [1.82, 2.24) is 4.90 Å². The lowest BCUT2D eigenvalue weighted by atomic mass is 10.2. The first kappa shape index (κ1) is 14.8. The van der Waals surface area contributed by atoms with Crippen LogP contribution < -0.4 is 0 Å². The van der Waals surface area contributed by atoms with Crippen LogP contribution in [0.1, 0.15) is 47.8 Å². The maximum atomic E-state index is 12.3. The fraction of sp³-hybridized carbons (Fsp3) is 0.562. The summed E-state index contributed by atoms with van der Waals surface area (Å²) in [5, 5.41) is 0. The van der Waals surface area contributed by atoms with Crippen LogP contribution in [-0.4, -0.2) is 30.6 Å². The van der Waals surface area contributed by atoms with Crippen molar-refractivity contribution in [2.75, 3.05) is 19.8 Å². The molecule has 1 unspecified atom stereocenters. The number of carbonyl (C=O) groups is 1. The number of nitrogens with zero attached hydrogens (tertiary/aromatic N) is 1. The van der Waals surface area contributed by atoms with Gasteiger partial charge in [0.25, 0.3) is 0 Å². The average molecular weight is 307 g/mol. The summed E-state index contributed by atoms with van der Waals surface area (Å²) in [5.41, 5.74) is 0. The summed E-state index contributed by atoms with van der Waals surface area (Å²) in [6.45, 7) is 6.05. The van der Waals surface area contributed by atoms with E-state index in [9.17, 15) is 4.79 Å². The molecule has 0 saturated carbocycles. The lowest BCUT2D eigenvalue weighted by Gasteiger charge is -2.27. The Morgan fingerprint density at radius 2 is 2.10 bits per heavy atom. The van der Waals surface area contributed by atoms with Crippen LogP contribution in [0, 0.1) is 0 Å². The van der Waals surface area contributed by atoms with Crippen molar-refractivity contribution in [2.24, 2.45) is 0 Å². The van der Waals surface area contributed by atoms with Crippen molar-refractivity contribution < 1.29 is 14.3 Å². The van der Waals surface area contributed by atoms with Gasteiger partial charge in [-0.15, -0.1) is 17.9 Å². The van der Waals surface area contributed by atoms with Gasteiger partial charge in [-0.2, -0.15) is 0 Å². The second-order valence-electron chi connectivity index (χ2n) is 5.39. The van der Waals surface area contributed by atoms with E-state index in [2.05, 4.69) is 12.6 Å². The number of rotatable bonds is 4. The zero-order valence-electron chi connectivity index (χ0n) is 12.1. The Kier molecular flexibility index (Phi) is 4.73. The molecule has 1 aromatic rings. The normalized spacial score (nSPS) is 22.3. The molecule has 1 amide bonds. The Labute approximate surface area is 129 Å². The molecule has 2 fully saturated rings. The molecule has 0 aromatic carbocycles. The van der Waals surface area contributed by atoms with Gasteiger partial charge in [-0.25, -0.2) is 0 Å². The fourth-order valence-electron chi connectivity index (χ4n) is 2.87. The number of carbonyl (C=O) groups excluding carboxylic acids is 1. The predicted molar refractivity (Wildman–Crippen MR) is 82.1 cm³/mol. The van der Waals surface area contributed by atoms with Crippen LogP contribution >= 0.6 is 11.3 Å². The van der Waals surface area contributed by atoms with E-state index in [-0.39, 0.29) is 18.2 Å². The minimum Gasteiger partial charge on any atom is -0.345 e. The molecule has 3 heterocycles. The Morgan fingerprint density at radius 1 is 1.29 bits per heavy atom. The lowest BCUT2D eigenvalue weighted by Crippen LogP contribution is -2.33. The SMILES string of the molecule is C=CC(c1ccc(C2OCCO2)s1)N1CCCCCC1=O. The van der Waals surface area contributed by atoms with E-state index in [1.807, 2.05) is 17.0 Å². The minimum atomic E-state index is -0.242. The van der Waals surface area contributed by atoms with E-state index in [1.165, 1.54) is 0 Å². The van der Waals surface area contributed by atoms with E-state index in [0.717, 1.165) is 35.6 Å². The third-order valence-corrected chi connectivity index (χ3v) is 5.14. The number of thiophene rings is 1. The number of ether oxygens (including phenoxy) is 2. The van der Waals surface area contributed by atoms with Crippen molar-refractivity contribution in [1.29, 1.82) is 0 Å². The van der Waals surface area contributed by atoms with Crippen LogP contribution in [0.25, 0.3) is 0 Å². The molecule has 5 heteroatoms. The van der Waals surface area contributed by atoms with Crippen LogP contribution in [0.5, 0.6) is 0 Å². The van der Waals surface area contributed by atoms with Crippen molar-refractivity contribution >= 4 is 17.2 Å². The van der Waals surface area contributed by atoms with E-state index in [1.54, 1.807) is 11.3 Å². The number of hydrogen-bond donors (Lipinski definition) is 0. The molecule has 0 bridgehead atoms. The molecule has 0 aliphatic carbocycles. The highest BCUT2D eigenvalue weighted by Crippen LogP contribution is 2.35. The molecule has 21 heavy (non-hydrogen) atoms. The maximum Gasteiger partial charge on any atom is 0.223 e. The molecule has 2 aliphatic heterocycles. The molecule has 0 spiro atoms. The van der Waals surface area contributed by atoms with Crippen LogP contribution in [0.2, 0.25) is 0 Å². The monoisotopic (exact) mass is 307 g/mol. The Hall–Kier alpha value is -1.17. The molecule has 2 saturated heterocycles. The fourth-order valence-corrected chi connectivity index (χ4v) is 3.99. The highest BCUT2D eigenvalue weighted by Gasteiger charge is 2.27. The van der Waals surface area contributed by atoms with Gasteiger partial charge in [0.15, 0.2) is 6.29 Å². The van der Waals surface area contributed by atoms with Gasteiger partial charge in [0, 0.05) is 17.8 Å². The summed E-state index contributed by atoms with van der Waals surface area (Å²) < 4.78 is 11.1. The molecule has 1 aromatic heterocycles. The zero-order valence-corrected chi connectivity index (χ0v) is 12.9. The predicted octanol–water partition coefficient (Wildman–Crippen LogP) is 3.42. The Bertz CT molecular complexity index is 507.